The first-order valence-electron chi connectivity index (χ1n) is 10.6. The van der Waals surface area contributed by atoms with E-state index in [1.165, 1.54) is 0 Å². The monoisotopic (exact) mass is 476 g/mol. The van der Waals surface area contributed by atoms with Crippen LogP contribution in [0.5, 0.6) is 0 Å². The van der Waals surface area contributed by atoms with Gasteiger partial charge in [0, 0.05) is 14.2 Å². The van der Waals surface area contributed by atoms with Crippen LogP contribution < -0.4 is 0 Å². The van der Waals surface area contributed by atoms with Gasteiger partial charge in [0.2, 0.25) is 0 Å². The summed E-state index contributed by atoms with van der Waals surface area (Å²) in [6.07, 6.45) is -12.9. The maximum atomic E-state index is 11.6. The zero-order chi connectivity index (χ0) is 24.1. The van der Waals surface area contributed by atoms with E-state index in [1.807, 2.05) is 0 Å². The molecule has 0 amide bonds. The maximum absolute atomic E-state index is 11.6. The number of alkyl halides is 4. The Bertz CT molecular complexity index is 518. The van der Waals surface area contributed by atoms with Gasteiger partial charge in [-0.15, -0.1) is 0 Å². The van der Waals surface area contributed by atoms with Crippen LogP contribution in [-0.2, 0) is 18.9 Å². The minimum Gasteiger partial charge on any atom is -0.387 e. The molecule has 12 heteroatoms. The van der Waals surface area contributed by atoms with Crippen LogP contribution in [0.3, 0.4) is 0 Å². The van der Waals surface area contributed by atoms with E-state index >= 15 is 0 Å². The van der Waals surface area contributed by atoms with Gasteiger partial charge in [0.1, 0.15) is 48.8 Å². The van der Waals surface area contributed by atoms with Crippen LogP contribution in [0.15, 0.2) is 0 Å². The zero-order valence-corrected chi connectivity index (χ0v) is 18.2. The van der Waals surface area contributed by atoms with Crippen LogP contribution >= 0.6 is 0 Å². The van der Waals surface area contributed by atoms with Crippen molar-refractivity contribution >= 4 is 0 Å². The molecule has 0 aromatic heterocycles. The molecule has 1 saturated heterocycles. The first-order chi connectivity index (χ1) is 15.0. The Morgan fingerprint density at radius 1 is 0.531 bits per heavy atom. The highest BCUT2D eigenvalue weighted by molar-refractivity contribution is 5.10. The minimum absolute atomic E-state index is 0.0269. The molecule has 32 heavy (non-hydrogen) atoms. The number of aliphatic hydroxyl groups is 4. The van der Waals surface area contributed by atoms with Crippen LogP contribution in [0.25, 0.3) is 0 Å². The van der Waals surface area contributed by atoms with Crippen molar-refractivity contribution in [2.45, 2.75) is 99.6 Å². The Morgan fingerprint density at radius 3 is 1.00 bits per heavy atom. The summed E-state index contributed by atoms with van der Waals surface area (Å²) in [5.74, 6) is 1.18. The second kappa shape index (κ2) is 9.95. The van der Waals surface area contributed by atoms with Crippen molar-refractivity contribution in [3.8, 4) is 0 Å². The molecule has 1 heterocycles. The van der Waals surface area contributed by atoms with Gasteiger partial charge in [0.25, 0.3) is 0 Å². The van der Waals surface area contributed by atoms with E-state index < -0.39 is 49.1 Å². The largest absolute Gasteiger partial charge is 0.387 e. The summed E-state index contributed by atoms with van der Waals surface area (Å²) in [5.41, 5.74) is 0. The standard InChI is InChI=1S/C12H20O4.C4H4F4.C4H8O4/c1-5-6(2)8-7(5)15-11-9(13-3)10(14-4)12(11)16-8;2*5-1-2(6)4(8)3(1)7/h5-12H,1-4H3;1-4H;1-8H. The highest BCUT2D eigenvalue weighted by atomic mass is 19.2. The smallest absolute Gasteiger partial charge is 0.168 e. The molecule has 0 aromatic rings. The van der Waals surface area contributed by atoms with E-state index in [0.717, 1.165) is 0 Å². The number of aliphatic hydroxyl groups excluding tert-OH is 4. The molecule has 0 spiro atoms. The van der Waals surface area contributed by atoms with Gasteiger partial charge in [-0.05, 0) is 11.8 Å². The average molecular weight is 476 g/mol. The predicted molar refractivity (Wildman–Crippen MR) is 101 cm³/mol. The zero-order valence-electron chi connectivity index (χ0n) is 18.2. The summed E-state index contributed by atoms with van der Waals surface area (Å²) in [6, 6.07) is 0. The molecule has 1 aliphatic heterocycles. The molecule has 4 N–H and O–H groups in total. The van der Waals surface area contributed by atoms with Gasteiger partial charge in [-0.1, -0.05) is 13.8 Å². The van der Waals surface area contributed by atoms with E-state index in [9.17, 15) is 17.6 Å². The molecule has 8 nitrogen and oxygen atoms in total. The van der Waals surface area contributed by atoms with Crippen molar-refractivity contribution in [2.75, 3.05) is 14.2 Å². The molecule has 8 atom stereocenters. The van der Waals surface area contributed by atoms with Crippen LogP contribution in [0.2, 0.25) is 0 Å². The Hall–Kier alpha value is -0.600. The summed E-state index contributed by atoms with van der Waals surface area (Å²) in [7, 11) is 3.41. The van der Waals surface area contributed by atoms with Gasteiger partial charge in [-0.2, -0.15) is 0 Å². The molecule has 5 fully saturated rings. The van der Waals surface area contributed by atoms with Crippen LogP contribution in [0.1, 0.15) is 13.8 Å². The molecular formula is C20H32F4O8. The molecular weight excluding hydrogens is 444 g/mol. The van der Waals surface area contributed by atoms with Crippen LogP contribution in [0, 0.1) is 11.8 Å². The number of rotatable bonds is 2. The fraction of sp³-hybridized carbons (Fsp3) is 1.00. The summed E-state index contributed by atoms with van der Waals surface area (Å²) in [4.78, 5) is 0. The first-order valence-corrected chi connectivity index (χ1v) is 10.6. The molecule has 0 aromatic carbocycles. The Labute approximate surface area is 183 Å². The third kappa shape index (κ3) is 4.17. The molecule has 5 aliphatic rings. The van der Waals surface area contributed by atoms with Gasteiger partial charge < -0.3 is 39.4 Å². The van der Waals surface area contributed by atoms with Crippen molar-refractivity contribution < 1.29 is 56.9 Å². The predicted octanol–water partition coefficient (Wildman–Crippen LogP) is -0.367. The number of methoxy groups -OCH3 is 2. The number of hydrogen-bond donors (Lipinski definition) is 4. The second-order valence-electron chi connectivity index (χ2n) is 8.99. The Kier molecular flexibility index (Phi) is 8.08. The van der Waals surface area contributed by atoms with E-state index in [1.54, 1.807) is 14.2 Å². The molecule has 188 valence electrons. The number of hydrogen-bond acceptors (Lipinski definition) is 8. The lowest BCUT2D eigenvalue weighted by atomic mass is 9.68. The summed E-state index contributed by atoms with van der Waals surface area (Å²) >= 11 is 0. The molecule has 4 saturated carbocycles. The van der Waals surface area contributed by atoms with E-state index in [2.05, 4.69) is 13.8 Å². The molecule has 8 unspecified atom stereocenters. The van der Waals surface area contributed by atoms with Gasteiger partial charge in [0.15, 0.2) is 24.7 Å². The summed E-state index contributed by atoms with van der Waals surface area (Å²) in [6.45, 7) is 4.45. The van der Waals surface area contributed by atoms with Crippen molar-refractivity contribution in [1.29, 1.82) is 0 Å². The Balaban J connectivity index is 0.000000152. The Morgan fingerprint density at radius 2 is 0.781 bits per heavy atom. The third-order valence-corrected chi connectivity index (χ3v) is 7.27. The van der Waals surface area contributed by atoms with Crippen LogP contribution in [0.4, 0.5) is 17.6 Å². The second-order valence-corrected chi connectivity index (χ2v) is 8.99. The van der Waals surface area contributed by atoms with Gasteiger partial charge in [-0.25, -0.2) is 17.6 Å². The highest BCUT2D eigenvalue weighted by Gasteiger charge is 2.63. The molecule has 0 radical (unpaired) electrons. The normalized spacial score (nSPS) is 57.4. The lowest BCUT2D eigenvalue weighted by Gasteiger charge is -2.62. The summed E-state index contributed by atoms with van der Waals surface area (Å²) < 4.78 is 69.2. The lowest BCUT2D eigenvalue weighted by Crippen LogP contribution is -2.76. The highest BCUT2D eigenvalue weighted by Crippen LogP contribution is 2.49. The molecule has 0 bridgehead atoms. The molecule has 4 aliphatic carbocycles. The SMILES string of the molecule is COC1C(OC)C2OC3C(C)C(C)C3OC12.FC1C(F)C(F)C1F.OC1C(O)C(O)C1O. The first kappa shape index (κ1) is 26.0. The van der Waals surface area contributed by atoms with Gasteiger partial charge >= 0.3 is 0 Å². The van der Waals surface area contributed by atoms with Crippen LogP contribution in [-0.4, -0.2) is 120 Å². The number of halogens is 4. The van der Waals surface area contributed by atoms with Crippen molar-refractivity contribution in [2.24, 2.45) is 11.8 Å². The average Bonchev–Trinajstić information content (AvgIpc) is 2.82. The lowest BCUT2D eigenvalue weighted by molar-refractivity contribution is -0.379. The van der Waals surface area contributed by atoms with Gasteiger partial charge in [-0.3, -0.25) is 0 Å². The van der Waals surface area contributed by atoms with E-state index in [-0.39, 0.29) is 36.6 Å². The van der Waals surface area contributed by atoms with E-state index in [0.29, 0.717) is 11.8 Å². The van der Waals surface area contributed by atoms with Crippen molar-refractivity contribution in [1.82, 2.24) is 0 Å². The van der Waals surface area contributed by atoms with E-state index in [4.69, 9.17) is 39.4 Å². The number of ether oxygens (including phenoxy) is 4. The fourth-order valence-corrected chi connectivity index (χ4v) is 4.49. The number of fused-ring (bicyclic) bond motifs is 2. The third-order valence-electron chi connectivity index (χ3n) is 7.27. The minimum atomic E-state index is -2.23. The maximum Gasteiger partial charge on any atom is 0.168 e. The summed E-state index contributed by atoms with van der Waals surface area (Å²) in [5, 5.41) is 34.0. The van der Waals surface area contributed by atoms with Gasteiger partial charge in [0.05, 0.1) is 12.2 Å². The van der Waals surface area contributed by atoms with Crippen molar-refractivity contribution in [3.63, 3.8) is 0 Å². The quantitative estimate of drug-likeness (QED) is 0.399. The fourth-order valence-electron chi connectivity index (χ4n) is 4.49. The molecule has 5 rings (SSSR count). The van der Waals surface area contributed by atoms with Crippen molar-refractivity contribution in [3.05, 3.63) is 0 Å². The topological polar surface area (TPSA) is 118 Å².